The third-order valence-electron chi connectivity index (χ3n) is 4.43. The molecule has 1 aliphatic heterocycles. The Hall–Kier alpha value is -2.92. The maximum absolute atomic E-state index is 11.3. The van der Waals surface area contributed by atoms with Crippen LogP contribution in [0.15, 0.2) is 48.8 Å². The van der Waals surface area contributed by atoms with E-state index in [2.05, 4.69) is 17.1 Å². The summed E-state index contributed by atoms with van der Waals surface area (Å²) in [7, 11) is 0. The maximum Gasteiger partial charge on any atom is 0.250 e. The van der Waals surface area contributed by atoms with Gasteiger partial charge < -0.3 is 16.2 Å². The highest BCUT2D eigenvalue weighted by Gasteiger charge is 2.23. The molecule has 0 fully saturated rings. The van der Waals surface area contributed by atoms with E-state index >= 15 is 0 Å². The molecule has 1 atom stereocenters. The van der Waals surface area contributed by atoms with Crippen molar-refractivity contribution in [3.8, 4) is 16.9 Å². The summed E-state index contributed by atoms with van der Waals surface area (Å²) in [6.07, 6.45) is 4.10. The number of hydrogen-bond donors (Lipinski definition) is 2. The van der Waals surface area contributed by atoms with Crippen molar-refractivity contribution in [2.75, 3.05) is 6.54 Å². The summed E-state index contributed by atoms with van der Waals surface area (Å²) in [6, 6.07) is 12.0. The zero-order valence-corrected chi connectivity index (χ0v) is 13.0. The zero-order chi connectivity index (χ0) is 16.7. The van der Waals surface area contributed by atoms with E-state index in [0.717, 1.165) is 28.7 Å². The summed E-state index contributed by atoms with van der Waals surface area (Å²) in [5.41, 5.74) is 14.5. The minimum Gasteiger partial charge on any atom is -0.488 e. The lowest BCUT2D eigenvalue weighted by atomic mass is 9.97. The fourth-order valence-electron chi connectivity index (χ4n) is 3.19. The van der Waals surface area contributed by atoms with Crippen molar-refractivity contribution in [2.24, 2.45) is 11.5 Å². The van der Waals surface area contributed by atoms with Crippen molar-refractivity contribution in [3.63, 3.8) is 0 Å². The SMILES string of the molecule is NC[C@H]1Cc2c(ccc3cc(-c4cncc(C(N)=O)c4)ccc23)O1. The van der Waals surface area contributed by atoms with Crippen molar-refractivity contribution >= 4 is 16.7 Å². The van der Waals surface area contributed by atoms with E-state index in [1.165, 1.54) is 17.1 Å². The van der Waals surface area contributed by atoms with Gasteiger partial charge in [-0.05, 0) is 34.5 Å². The van der Waals surface area contributed by atoms with Crippen molar-refractivity contribution in [1.82, 2.24) is 4.98 Å². The maximum atomic E-state index is 11.3. The molecule has 1 amide bonds. The van der Waals surface area contributed by atoms with Gasteiger partial charge in [0, 0.05) is 36.5 Å². The van der Waals surface area contributed by atoms with Crippen LogP contribution in [0.5, 0.6) is 5.75 Å². The molecule has 120 valence electrons. The van der Waals surface area contributed by atoms with Gasteiger partial charge >= 0.3 is 0 Å². The van der Waals surface area contributed by atoms with Crippen molar-refractivity contribution in [1.29, 1.82) is 0 Å². The van der Waals surface area contributed by atoms with Gasteiger partial charge in [-0.1, -0.05) is 18.2 Å². The highest BCUT2D eigenvalue weighted by molar-refractivity contribution is 5.95. The van der Waals surface area contributed by atoms with Gasteiger partial charge in [-0.2, -0.15) is 0 Å². The predicted molar refractivity (Wildman–Crippen MR) is 92.9 cm³/mol. The van der Waals surface area contributed by atoms with E-state index < -0.39 is 5.91 Å². The molecule has 0 radical (unpaired) electrons. The van der Waals surface area contributed by atoms with E-state index in [1.54, 1.807) is 12.3 Å². The number of carbonyl (C=O) groups excluding carboxylic acids is 1. The molecule has 24 heavy (non-hydrogen) atoms. The van der Waals surface area contributed by atoms with E-state index in [9.17, 15) is 4.79 Å². The monoisotopic (exact) mass is 319 g/mol. The first-order chi connectivity index (χ1) is 11.7. The summed E-state index contributed by atoms with van der Waals surface area (Å²) >= 11 is 0. The van der Waals surface area contributed by atoms with Crippen LogP contribution in [0, 0.1) is 0 Å². The largest absolute Gasteiger partial charge is 0.488 e. The van der Waals surface area contributed by atoms with Gasteiger partial charge in [-0.3, -0.25) is 9.78 Å². The van der Waals surface area contributed by atoms with Crippen molar-refractivity contribution in [3.05, 3.63) is 59.9 Å². The second-order valence-corrected chi connectivity index (χ2v) is 5.98. The van der Waals surface area contributed by atoms with Gasteiger partial charge in [0.1, 0.15) is 11.9 Å². The van der Waals surface area contributed by atoms with E-state index in [4.69, 9.17) is 16.2 Å². The summed E-state index contributed by atoms with van der Waals surface area (Å²) in [6.45, 7) is 0.514. The fourth-order valence-corrected chi connectivity index (χ4v) is 3.19. The Kier molecular flexibility index (Phi) is 3.43. The normalized spacial score (nSPS) is 16.0. The van der Waals surface area contributed by atoms with Crippen LogP contribution in [0.1, 0.15) is 15.9 Å². The molecule has 1 aromatic heterocycles. The van der Waals surface area contributed by atoms with Crippen LogP contribution in [0.2, 0.25) is 0 Å². The van der Waals surface area contributed by atoms with Crippen LogP contribution >= 0.6 is 0 Å². The summed E-state index contributed by atoms with van der Waals surface area (Å²) < 4.78 is 5.83. The first-order valence-electron chi connectivity index (χ1n) is 7.83. The molecule has 1 aliphatic rings. The average molecular weight is 319 g/mol. The number of primary amides is 1. The molecule has 4 rings (SSSR count). The Morgan fingerprint density at radius 1 is 1.17 bits per heavy atom. The lowest BCUT2D eigenvalue weighted by molar-refractivity contribution is 0.1000. The molecule has 3 aromatic rings. The molecule has 0 spiro atoms. The first-order valence-corrected chi connectivity index (χ1v) is 7.83. The summed E-state index contributed by atoms with van der Waals surface area (Å²) in [4.78, 5) is 15.4. The molecule has 5 nitrogen and oxygen atoms in total. The summed E-state index contributed by atoms with van der Waals surface area (Å²) in [5.74, 6) is 0.441. The highest BCUT2D eigenvalue weighted by Crippen LogP contribution is 2.36. The van der Waals surface area contributed by atoms with Crippen molar-refractivity contribution < 1.29 is 9.53 Å². The number of nitrogens with two attached hydrogens (primary N) is 2. The number of benzene rings is 2. The Bertz CT molecular complexity index is 952. The third-order valence-corrected chi connectivity index (χ3v) is 4.43. The second kappa shape index (κ2) is 5.62. The van der Waals surface area contributed by atoms with E-state index in [0.29, 0.717) is 12.1 Å². The van der Waals surface area contributed by atoms with Crippen LogP contribution in [0.4, 0.5) is 0 Å². The number of nitrogens with zero attached hydrogens (tertiary/aromatic N) is 1. The smallest absolute Gasteiger partial charge is 0.250 e. The second-order valence-electron chi connectivity index (χ2n) is 5.98. The van der Waals surface area contributed by atoms with Crippen LogP contribution in [-0.2, 0) is 6.42 Å². The number of hydrogen-bond acceptors (Lipinski definition) is 4. The number of rotatable bonds is 3. The zero-order valence-electron chi connectivity index (χ0n) is 13.0. The van der Waals surface area contributed by atoms with Gasteiger partial charge in [0.2, 0.25) is 5.91 Å². The molecule has 0 unspecified atom stereocenters. The van der Waals surface area contributed by atoms with Crippen LogP contribution in [-0.4, -0.2) is 23.5 Å². The number of fused-ring (bicyclic) bond motifs is 3. The minimum absolute atomic E-state index is 0.0572. The van der Waals surface area contributed by atoms with Crippen LogP contribution in [0.25, 0.3) is 21.9 Å². The number of ether oxygens (including phenoxy) is 1. The van der Waals surface area contributed by atoms with Gasteiger partial charge in [-0.25, -0.2) is 0 Å². The number of pyridine rings is 1. The Morgan fingerprint density at radius 2 is 2.04 bits per heavy atom. The molecule has 5 heteroatoms. The molecular weight excluding hydrogens is 302 g/mol. The quantitative estimate of drug-likeness (QED) is 0.774. The molecule has 0 aliphatic carbocycles. The van der Waals surface area contributed by atoms with Gasteiger partial charge in [0.15, 0.2) is 0 Å². The molecule has 0 bridgehead atoms. The Labute approximate surface area is 139 Å². The molecule has 2 heterocycles. The topological polar surface area (TPSA) is 91.2 Å². The molecule has 2 aromatic carbocycles. The Balaban J connectivity index is 1.79. The third kappa shape index (κ3) is 2.39. The molecule has 4 N–H and O–H groups in total. The van der Waals surface area contributed by atoms with Gasteiger partial charge in [0.05, 0.1) is 5.56 Å². The van der Waals surface area contributed by atoms with Gasteiger partial charge in [-0.15, -0.1) is 0 Å². The number of aromatic nitrogens is 1. The predicted octanol–water partition coefficient (Wildman–Crippen LogP) is 2.26. The van der Waals surface area contributed by atoms with E-state index in [-0.39, 0.29) is 6.10 Å². The number of amides is 1. The van der Waals surface area contributed by atoms with Crippen LogP contribution in [0.3, 0.4) is 0 Å². The molecule has 0 saturated carbocycles. The molecular formula is C19H17N3O2. The first kappa shape index (κ1) is 14.7. The van der Waals surface area contributed by atoms with Crippen molar-refractivity contribution in [2.45, 2.75) is 12.5 Å². The standard InChI is InChI=1S/C19H17N3O2/c20-8-15-7-17-16-3-1-11(5-12(16)2-4-18(17)24-15)13-6-14(19(21)23)10-22-9-13/h1-6,9-10,15H,7-8,20H2,(H2,21,23)/t15-/m1/s1. The lowest BCUT2D eigenvalue weighted by Crippen LogP contribution is -2.24. The molecule has 0 saturated heterocycles. The number of carbonyl (C=O) groups is 1. The lowest BCUT2D eigenvalue weighted by Gasteiger charge is -2.08. The highest BCUT2D eigenvalue weighted by atomic mass is 16.5. The van der Waals surface area contributed by atoms with Gasteiger partial charge in [0.25, 0.3) is 0 Å². The Morgan fingerprint density at radius 3 is 2.83 bits per heavy atom. The van der Waals surface area contributed by atoms with E-state index in [1.807, 2.05) is 18.2 Å². The summed E-state index contributed by atoms with van der Waals surface area (Å²) in [5, 5.41) is 2.29. The average Bonchev–Trinajstić information content (AvgIpc) is 3.05. The minimum atomic E-state index is -0.479. The van der Waals surface area contributed by atoms with Crippen LogP contribution < -0.4 is 16.2 Å². The fraction of sp³-hybridized carbons (Fsp3) is 0.158.